The Kier molecular flexibility index (Phi) is 3.44. The molecule has 1 saturated heterocycles. The summed E-state index contributed by atoms with van der Waals surface area (Å²) in [6.07, 6.45) is 5.82. The second kappa shape index (κ2) is 5.40. The van der Waals surface area contributed by atoms with Gasteiger partial charge in [0.25, 0.3) is 0 Å². The van der Waals surface area contributed by atoms with Crippen LogP contribution >= 0.6 is 0 Å². The lowest BCUT2D eigenvalue weighted by molar-refractivity contribution is -0.140. The SMILES string of the molecule is O=C1C[C@H]2/C(=C(O)\C=C\c3ccccc3)C(=O)C=C[C@H]2O1. The van der Waals surface area contributed by atoms with E-state index in [0.29, 0.717) is 0 Å². The van der Waals surface area contributed by atoms with Crippen molar-refractivity contribution in [2.75, 3.05) is 0 Å². The molecule has 3 rings (SSSR count). The number of fused-ring (bicyclic) bond motifs is 1. The van der Waals surface area contributed by atoms with Crippen molar-refractivity contribution in [2.24, 2.45) is 5.92 Å². The van der Waals surface area contributed by atoms with Crippen molar-refractivity contribution in [2.45, 2.75) is 12.5 Å². The molecule has 1 heterocycles. The fourth-order valence-electron chi connectivity index (χ4n) is 2.62. The van der Waals surface area contributed by atoms with Crippen LogP contribution < -0.4 is 0 Å². The van der Waals surface area contributed by atoms with Crippen molar-refractivity contribution in [3.63, 3.8) is 0 Å². The summed E-state index contributed by atoms with van der Waals surface area (Å²) in [5.74, 6) is -1.12. The molecule has 0 saturated carbocycles. The van der Waals surface area contributed by atoms with Gasteiger partial charge in [0.1, 0.15) is 11.9 Å². The summed E-state index contributed by atoms with van der Waals surface area (Å²) in [5, 5.41) is 10.2. The van der Waals surface area contributed by atoms with Crippen LogP contribution in [0.15, 0.2) is 59.9 Å². The van der Waals surface area contributed by atoms with E-state index in [9.17, 15) is 14.7 Å². The van der Waals surface area contributed by atoms with E-state index in [4.69, 9.17) is 4.74 Å². The van der Waals surface area contributed by atoms with Crippen LogP contribution in [0.3, 0.4) is 0 Å². The maximum absolute atomic E-state index is 12.0. The minimum atomic E-state index is -0.447. The van der Waals surface area contributed by atoms with Crippen LogP contribution in [0.25, 0.3) is 6.08 Å². The number of aliphatic hydroxyl groups excluding tert-OH is 1. The smallest absolute Gasteiger partial charge is 0.307 e. The van der Waals surface area contributed by atoms with Crippen molar-refractivity contribution in [1.82, 2.24) is 0 Å². The van der Waals surface area contributed by atoms with Gasteiger partial charge in [0.2, 0.25) is 0 Å². The zero-order valence-electron chi connectivity index (χ0n) is 11.2. The largest absolute Gasteiger partial charge is 0.508 e. The van der Waals surface area contributed by atoms with Gasteiger partial charge in [-0.05, 0) is 23.8 Å². The molecule has 0 spiro atoms. The molecule has 0 bridgehead atoms. The average molecular weight is 282 g/mol. The molecule has 1 N–H and O–H groups in total. The van der Waals surface area contributed by atoms with Crippen molar-refractivity contribution in [3.8, 4) is 0 Å². The van der Waals surface area contributed by atoms with E-state index < -0.39 is 12.0 Å². The first-order valence-electron chi connectivity index (χ1n) is 6.73. The second-order valence-electron chi connectivity index (χ2n) is 5.03. The standard InChI is InChI=1S/C17H14O4/c18-13(7-6-11-4-2-1-3-5-11)17-12-10-16(20)21-15(12)9-8-14(17)19/h1-9,12,15,18H,10H2/b7-6+,17-13-/t12-,15-/m1/s1. The lowest BCUT2D eigenvalue weighted by Crippen LogP contribution is -2.25. The third kappa shape index (κ3) is 2.65. The number of ether oxygens (including phenoxy) is 1. The van der Waals surface area contributed by atoms with Gasteiger partial charge in [0.05, 0.1) is 6.42 Å². The van der Waals surface area contributed by atoms with Crippen LogP contribution in [0, 0.1) is 5.92 Å². The van der Waals surface area contributed by atoms with E-state index in [1.807, 2.05) is 30.3 Å². The van der Waals surface area contributed by atoms with Crippen LogP contribution in [0.4, 0.5) is 0 Å². The van der Waals surface area contributed by atoms with Gasteiger partial charge in [0.15, 0.2) is 5.78 Å². The van der Waals surface area contributed by atoms with Crippen LogP contribution in [0.2, 0.25) is 0 Å². The second-order valence-corrected chi connectivity index (χ2v) is 5.03. The normalized spacial score (nSPS) is 26.9. The number of hydrogen-bond donors (Lipinski definition) is 1. The number of rotatable bonds is 2. The molecule has 1 fully saturated rings. The van der Waals surface area contributed by atoms with Crippen LogP contribution in [-0.4, -0.2) is 23.0 Å². The predicted octanol–water partition coefficient (Wildman–Crippen LogP) is 2.58. The minimum absolute atomic E-state index is 0.110. The molecule has 106 valence electrons. The molecule has 1 aliphatic carbocycles. The first kappa shape index (κ1) is 13.4. The van der Waals surface area contributed by atoms with Gasteiger partial charge >= 0.3 is 5.97 Å². The zero-order valence-corrected chi connectivity index (χ0v) is 11.2. The first-order chi connectivity index (χ1) is 10.1. The summed E-state index contributed by atoms with van der Waals surface area (Å²) in [6.45, 7) is 0. The lowest BCUT2D eigenvalue weighted by atomic mass is 9.84. The first-order valence-corrected chi connectivity index (χ1v) is 6.73. The molecule has 4 heteroatoms. The topological polar surface area (TPSA) is 63.6 Å². The van der Waals surface area contributed by atoms with E-state index in [0.717, 1.165) is 5.56 Å². The molecule has 2 atom stereocenters. The number of ketones is 1. The van der Waals surface area contributed by atoms with Crippen molar-refractivity contribution in [1.29, 1.82) is 0 Å². The highest BCUT2D eigenvalue weighted by molar-refractivity contribution is 6.07. The molecule has 2 aliphatic rings. The number of allylic oxidation sites excluding steroid dienone is 2. The summed E-state index contributed by atoms with van der Waals surface area (Å²) in [6, 6.07) is 9.46. The van der Waals surface area contributed by atoms with Gasteiger partial charge in [-0.2, -0.15) is 0 Å². The maximum atomic E-state index is 12.0. The third-order valence-corrected chi connectivity index (χ3v) is 3.63. The van der Waals surface area contributed by atoms with Gasteiger partial charge in [-0.1, -0.05) is 36.4 Å². The fraction of sp³-hybridized carbons (Fsp3) is 0.176. The molecule has 0 radical (unpaired) electrons. The van der Waals surface area contributed by atoms with Crippen molar-refractivity contribution in [3.05, 3.63) is 65.5 Å². The maximum Gasteiger partial charge on any atom is 0.307 e. The Balaban J connectivity index is 1.92. The Morgan fingerprint density at radius 2 is 2.00 bits per heavy atom. The number of aliphatic hydroxyl groups is 1. The third-order valence-electron chi connectivity index (χ3n) is 3.63. The van der Waals surface area contributed by atoms with E-state index in [1.54, 1.807) is 12.2 Å². The summed E-state index contributed by atoms with van der Waals surface area (Å²) >= 11 is 0. The van der Waals surface area contributed by atoms with E-state index >= 15 is 0 Å². The Labute approximate surface area is 122 Å². The molecule has 21 heavy (non-hydrogen) atoms. The average Bonchev–Trinajstić information content (AvgIpc) is 2.86. The lowest BCUT2D eigenvalue weighted by Gasteiger charge is -2.20. The van der Waals surface area contributed by atoms with Gasteiger partial charge in [-0.25, -0.2) is 0 Å². The highest BCUT2D eigenvalue weighted by Gasteiger charge is 2.41. The monoisotopic (exact) mass is 282 g/mol. The minimum Gasteiger partial charge on any atom is -0.508 e. The Morgan fingerprint density at radius 3 is 2.76 bits per heavy atom. The molecule has 1 aromatic rings. The molecule has 0 unspecified atom stereocenters. The molecule has 0 aromatic heterocycles. The zero-order chi connectivity index (χ0) is 14.8. The van der Waals surface area contributed by atoms with Crippen LogP contribution in [0.1, 0.15) is 12.0 Å². The Hall–Kier alpha value is -2.62. The van der Waals surface area contributed by atoms with E-state index in [1.165, 1.54) is 12.2 Å². The van der Waals surface area contributed by atoms with E-state index in [2.05, 4.69) is 0 Å². The quantitative estimate of drug-likeness (QED) is 0.514. The van der Waals surface area contributed by atoms with Crippen LogP contribution in [0.5, 0.6) is 0 Å². The summed E-state index contributed by atoms with van der Waals surface area (Å²) in [4.78, 5) is 23.4. The molecular formula is C17H14O4. The molecule has 0 amide bonds. The van der Waals surface area contributed by atoms with Gasteiger partial charge in [-0.3, -0.25) is 9.59 Å². The highest BCUT2D eigenvalue weighted by Crippen LogP contribution is 2.35. The van der Waals surface area contributed by atoms with E-state index in [-0.39, 0.29) is 29.5 Å². The highest BCUT2D eigenvalue weighted by atomic mass is 16.5. The van der Waals surface area contributed by atoms with Gasteiger partial charge in [-0.15, -0.1) is 0 Å². The van der Waals surface area contributed by atoms with Crippen LogP contribution in [-0.2, 0) is 14.3 Å². The van der Waals surface area contributed by atoms with Crippen molar-refractivity contribution < 1.29 is 19.4 Å². The summed E-state index contributed by atoms with van der Waals surface area (Å²) in [5.41, 5.74) is 1.17. The predicted molar refractivity (Wildman–Crippen MR) is 77.3 cm³/mol. The van der Waals surface area contributed by atoms with Gasteiger partial charge < -0.3 is 9.84 Å². The fourth-order valence-corrected chi connectivity index (χ4v) is 2.62. The summed E-state index contributed by atoms with van der Waals surface area (Å²) < 4.78 is 5.11. The van der Waals surface area contributed by atoms with Crippen molar-refractivity contribution >= 4 is 17.8 Å². The molecular weight excluding hydrogens is 268 g/mol. The molecule has 4 nitrogen and oxygen atoms in total. The molecule has 1 aromatic carbocycles. The number of carbonyl (C=O) groups excluding carboxylic acids is 2. The number of esters is 1. The molecule has 1 aliphatic heterocycles. The number of carbonyl (C=O) groups is 2. The number of benzene rings is 1. The van der Waals surface area contributed by atoms with Gasteiger partial charge in [0, 0.05) is 11.5 Å². The summed E-state index contributed by atoms with van der Waals surface area (Å²) in [7, 11) is 0. The number of hydrogen-bond acceptors (Lipinski definition) is 4. The Bertz CT molecular complexity index is 667. The Morgan fingerprint density at radius 1 is 1.24 bits per heavy atom.